The summed E-state index contributed by atoms with van der Waals surface area (Å²) in [6.45, 7) is 1.33. The molecule has 110 valence electrons. The summed E-state index contributed by atoms with van der Waals surface area (Å²) in [4.78, 5) is 23.4. The van der Waals surface area contributed by atoms with Gasteiger partial charge in [-0.2, -0.15) is 0 Å². The first kappa shape index (κ1) is 15.0. The average Bonchev–Trinajstić information content (AvgIpc) is 2.45. The number of carbonyl (C=O) groups excluding carboxylic acids is 1. The molecular weight excluding hydrogens is 270 g/mol. The summed E-state index contributed by atoms with van der Waals surface area (Å²) in [6, 6.07) is 10.7. The highest BCUT2D eigenvalue weighted by atomic mass is 16.5. The van der Waals surface area contributed by atoms with Gasteiger partial charge in [0.1, 0.15) is 11.3 Å². The van der Waals surface area contributed by atoms with Crippen LogP contribution in [-0.2, 0) is 4.79 Å². The minimum atomic E-state index is -1.59. The average molecular weight is 287 g/mol. The number of rotatable bonds is 5. The fourth-order valence-corrected chi connectivity index (χ4v) is 2.20. The van der Waals surface area contributed by atoms with Crippen LogP contribution in [-0.4, -0.2) is 29.5 Å². The lowest BCUT2D eigenvalue weighted by Gasteiger charge is -2.18. The van der Waals surface area contributed by atoms with Gasteiger partial charge in [-0.3, -0.25) is 9.59 Å². The van der Waals surface area contributed by atoms with E-state index < -0.39 is 11.5 Å². The van der Waals surface area contributed by atoms with Crippen LogP contribution >= 0.6 is 0 Å². The topological polar surface area (TPSA) is 89.6 Å². The van der Waals surface area contributed by atoms with Gasteiger partial charge in [-0.05, 0) is 24.4 Å². The Morgan fingerprint density at radius 3 is 2.38 bits per heavy atom. The molecule has 0 aromatic heterocycles. The van der Waals surface area contributed by atoms with Crippen LogP contribution in [0.15, 0.2) is 36.4 Å². The monoisotopic (exact) mass is 287 g/mol. The Labute approximate surface area is 122 Å². The van der Waals surface area contributed by atoms with E-state index >= 15 is 0 Å². The molecule has 0 amide bonds. The fourth-order valence-electron chi connectivity index (χ4n) is 2.20. The third kappa shape index (κ3) is 2.87. The molecule has 0 bridgehead atoms. The first-order chi connectivity index (χ1) is 9.86. The van der Waals surface area contributed by atoms with Crippen LogP contribution in [0.2, 0.25) is 0 Å². The van der Waals surface area contributed by atoms with Crippen LogP contribution in [0.25, 0.3) is 10.8 Å². The Balaban J connectivity index is 2.48. The van der Waals surface area contributed by atoms with E-state index in [0.717, 1.165) is 10.8 Å². The summed E-state index contributed by atoms with van der Waals surface area (Å²) in [5, 5.41) is 10.6. The molecule has 0 heterocycles. The first-order valence-electron chi connectivity index (χ1n) is 6.48. The summed E-state index contributed by atoms with van der Waals surface area (Å²) in [5.41, 5.74) is 4.52. The molecular formula is C16H17NO4. The van der Waals surface area contributed by atoms with Gasteiger partial charge in [-0.25, -0.2) is 0 Å². The molecule has 0 saturated carbocycles. The molecule has 3 N–H and O–H groups in total. The van der Waals surface area contributed by atoms with Crippen molar-refractivity contribution in [1.82, 2.24) is 0 Å². The third-order valence-electron chi connectivity index (χ3n) is 3.42. The van der Waals surface area contributed by atoms with Crippen molar-refractivity contribution < 1.29 is 19.4 Å². The van der Waals surface area contributed by atoms with Gasteiger partial charge < -0.3 is 15.6 Å². The van der Waals surface area contributed by atoms with Gasteiger partial charge in [0.25, 0.3) is 0 Å². The van der Waals surface area contributed by atoms with Gasteiger partial charge in [-0.1, -0.05) is 24.3 Å². The van der Waals surface area contributed by atoms with E-state index in [2.05, 4.69) is 0 Å². The van der Waals surface area contributed by atoms with Crippen LogP contribution in [0.5, 0.6) is 5.75 Å². The van der Waals surface area contributed by atoms with Crippen molar-refractivity contribution in [2.75, 3.05) is 7.11 Å². The smallest absolute Gasteiger partial charge is 0.323 e. The van der Waals surface area contributed by atoms with Gasteiger partial charge in [0.2, 0.25) is 0 Å². The second-order valence-corrected chi connectivity index (χ2v) is 5.18. The predicted molar refractivity (Wildman–Crippen MR) is 79.7 cm³/mol. The zero-order valence-electron chi connectivity index (χ0n) is 11.9. The van der Waals surface area contributed by atoms with Gasteiger partial charge in [0.15, 0.2) is 5.78 Å². The molecule has 0 spiro atoms. The molecule has 2 aromatic rings. The van der Waals surface area contributed by atoms with Crippen molar-refractivity contribution in [3.63, 3.8) is 0 Å². The number of carboxylic acids is 1. The standard InChI is InChI=1S/C16H17NO4/c1-16(17,15(19)20)9-13(18)11-7-8-14(21-2)12-6-4-3-5-10(11)12/h3-8H,9,17H2,1-2H3,(H,19,20)/t16-/m0/s1. The minimum absolute atomic E-state index is 0.265. The maximum Gasteiger partial charge on any atom is 0.323 e. The van der Waals surface area contributed by atoms with Crippen LogP contribution in [0.3, 0.4) is 0 Å². The van der Waals surface area contributed by atoms with E-state index in [4.69, 9.17) is 15.6 Å². The molecule has 0 radical (unpaired) electrons. The van der Waals surface area contributed by atoms with E-state index in [0.29, 0.717) is 11.3 Å². The third-order valence-corrected chi connectivity index (χ3v) is 3.42. The lowest BCUT2D eigenvalue weighted by atomic mass is 9.91. The predicted octanol–water partition coefficient (Wildman–Crippen LogP) is 2.22. The summed E-state index contributed by atoms with van der Waals surface area (Å²) in [7, 11) is 1.56. The Morgan fingerprint density at radius 2 is 1.81 bits per heavy atom. The van der Waals surface area contributed by atoms with E-state index in [1.807, 2.05) is 18.2 Å². The molecule has 5 nitrogen and oxygen atoms in total. The number of ketones is 1. The number of hydrogen-bond donors (Lipinski definition) is 2. The number of benzene rings is 2. The number of ether oxygens (including phenoxy) is 1. The van der Waals surface area contributed by atoms with Gasteiger partial charge in [0, 0.05) is 17.4 Å². The van der Waals surface area contributed by atoms with Gasteiger partial charge >= 0.3 is 5.97 Å². The fraction of sp³-hybridized carbons (Fsp3) is 0.250. The van der Waals surface area contributed by atoms with Gasteiger partial charge in [-0.15, -0.1) is 0 Å². The maximum atomic E-state index is 12.4. The normalized spacial score (nSPS) is 13.7. The number of nitrogens with two attached hydrogens (primary N) is 1. The number of aliphatic carboxylic acids is 1. The highest BCUT2D eigenvalue weighted by molar-refractivity contribution is 6.10. The Bertz CT molecular complexity index is 706. The molecule has 0 aliphatic carbocycles. The number of carbonyl (C=O) groups is 2. The zero-order valence-corrected chi connectivity index (χ0v) is 11.9. The second-order valence-electron chi connectivity index (χ2n) is 5.18. The van der Waals surface area contributed by atoms with E-state index in [1.54, 1.807) is 25.3 Å². The SMILES string of the molecule is COc1ccc(C(=O)C[C@](C)(N)C(=O)O)c2ccccc12. The summed E-state index contributed by atoms with van der Waals surface area (Å²) in [5.74, 6) is -0.842. The van der Waals surface area contributed by atoms with Crippen molar-refractivity contribution in [1.29, 1.82) is 0 Å². The summed E-state index contributed by atoms with van der Waals surface area (Å²) < 4.78 is 5.27. The van der Waals surface area contributed by atoms with Crippen LogP contribution in [0, 0.1) is 0 Å². The highest BCUT2D eigenvalue weighted by Gasteiger charge is 2.31. The number of carboxylic acid groups (broad SMARTS) is 1. The van der Waals surface area contributed by atoms with Crippen LogP contribution < -0.4 is 10.5 Å². The number of fused-ring (bicyclic) bond motifs is 1. The molecule has 0 aliphatic heterocycles. The van der Waals surface area contributed by atoms with Crippen molar-refractivity contribution >= 4 is 22.5 Å². The van der Waals surface area contributed by atoms with Crippen LogP contribution in [0.4, 0.5) is 0 Å². The molecule has 2 rings (SSSR count). The van der Waals surface area contributed by atoms with Crippen molar-refractivity contribution in [2.45, 2.75) is 18.9 Å². The van der Waals surface area contributed by atoms with Gasteiger partial charge in [0.05, 0.1) is 7.11 Å². The lowest BCUT2D eigenvalue weighted by Crippen LogP contribution is -2.46. The minimum Gasteiger partial charge on any atom is -0.496 e. The highest BCUT2D eigenvalue weighted by Crippen LogP contribution is 2.29. The molecule has 0 aliphatic rings. The van der Waals surface area contributed by atoms with Crippen molar-refractivity contribution in [3.05, 3.63) is 42.0 Å². The van der Waals surface area contributed by atoms with Crippen LogP contribution in [0.1, 0.15) is 23.7 Å². The molecule has 2 aromatic carbocycles. The Hall–Kier alpha value is -2.40. The molecule has 0 unspecified atom stereocenters. The van der Waals surface area contributed by atoms with Crippen molar-refractivity contribution in [2.24, 2.45) is 5.73 Å². The number of Topliss-reactive ketones (excluding diaryl/α,β-unsaturated/α-hetero) is 1. The number of hydrogen-bond acceptors (Lipinski definition) is 4. The molecule has 21 heavy (non-hydrogen) atoms. The quantitative estimate of drug-likeness (QED) is 0.823. The first-order valence-corrected chi connectivity index (χ1v) is 6.48. The molecule has 0 saturated heterocycles. The summed E-state index contributed by atoms with van der Waals surface area (Å²) >= 11 is 0. The maximum absolute atomic E-state index is 12.4. The Morgan fingerprint density at radius 1 is 1.19 bits per heavy atom. The largest absolute Gasteiger partial charge is 0.496 e. The Kier molecular flexibility index (Phi) is 3.95. The molecule has 5 heteroatoms. The molecule has 1 atom stereocenters. The van der Waals surface area contributed by atoms with E-state index in [1.165, 1.54) is 6.92 Å². The molecule has 0 fully saturated rings. The summed E-state index contributed by atoms with van der Waals surface area (Å²) in [6.07, 6.45) is -0.265. The number of methoxy groups -OCH3 is 1. The van der Waals surface area contributed by atoms with E-state index in [-0.39, 0.29) is 12.2 Å². The van der Waals surface area contributed by atoms with E-state index in [9.17, 15) is 9.59 Å². The zero-order chi connectivity index (χ0) is 15.6. The lowest BCUT2D eigenvalue weighted by molar-refractivity contribution is -0.142. The second kappa shape index (κ2) is 5.54. The van der Waals surface area contributed by atoms with Crippen molar-refractivity contribution in [3.8, 4) is 5.75 Å².